The van der Waals surface area contributed by atoms with E-state index >= 15 is 0 Å². The van der Waals surface area contributed by atoms with Gasteiger partial charge in [0.25, 0.3) is 0 Å². The van der Waals surface area contributed by atoms with Gasteiger partial charge in [-0.2, -0.15) is 0 Å². The standard InChI is InChI=1S/C13H18BrNO3/c1-10-8-15(9-12(7-14)18-10)13(16)5-4-11-3-2-6-17-11/h2-3,6,10,12H,4-5,7-9H2,1H3. The molecule has 1 aliphatic rings. The average molecular weight is 316 g/mol. The molecule has 0 aliphatic carbocycles. The van der Waals surface area contributed by atoms with Crippen LogP contribution in [0, 0.1) is 0 Å². The van der Waals surface area contributed by atoms with Gasteiger partial charge < -0.3 is 14.1 Å². The molecule has 1 amide bonds. The second-order valence-corrected chi connectivity index (χ2v) is 5.25. The van der Waals surface area contributed by atoms with Crippen LogP contribution in [0.5, 0.6) is 0 Å². The molecule has 4 nitrogen and oxygen atoms in total. The Kier molecular flexibility index (Phi) is 4.83. The maximum atomic E-state index is 12.1. The Morgan fingerprint density at radius 3 is 3.06 bits per heavy atom. The average Bonchev–Trinajstić information content (AvgIpc) is 2.88. The molecule has 0 spiro atoms. The van der Waals surface area contributed by atoms with Gasteiger partial charge in [-0.15, -0.1) is 0 Å². The van der Waals surface area contributed by atoms with Crippen LogP contribution in [0.2, 0.25) is 0 Å². The van der Waals surface area contributed by atoms with Crippen LogP contribution >= 0.6 is 15.9 Å². The van der Waals surface area contributed by atoms with E-state index in [1.165, 1.54) is 0 Å². The van der Waals surface area contributed by atoms with E-state index in [4.69, 9.17) is 9.15 Å². The minimum absolute atomic E-state index is 0.0984. The van der Waals surface area contributed by atoms with Crippen LogP contribution in [-0.4, -0.2) is 41.4 Å². The van der Waals surface area contributed by atoms with Crippen molar-refractivity contribution in [1.29, 1.82) is 0 Å². The van der Waals surface area contributed by atoms with Crippen molar-refractivity contribution in [3.05, 3.63) is 24.2 Å². The Balaban J connectivity index is 1.84. The van der Waals surface area contributed by atoms with Gasteiger partial charge in [-0.05, 0) is 19.1 Å². The molecule has 0 radical (unpaired) electrons. The molecular formula is C13H18BrNO3. The lowest BCUT2D eigenvalue weighted by Gasteiger charge is -2.36. The van der Waals surface area contributed by atoms with Gasteiger partial charge in [-0.25, -0.2) is 0 Å². The molecule has 2 heterocycles. The molecule has 100 valence electrons. The number of amides is 1. The van der Waals surface area contributed by atoms with Crippen molar-refractivity contribution < 1.29 is 13.9 Å². The number of hydrogen-bond acceptors (Lipinski definition) is 3. The zero-order valence-electron chi connectivity index (χ0n) is 10.5. The topological polar surface area (TPSA) is 42.7 Å². The van der Waals surface area contributed by atoms with Crippen LogP contribution in [0.25, 0.3) is 0 Å². The summed E-state index contributed by atoms with van der Waals surface area (Å²) in [5.41, 5.74) is 0. The van der Waals surface area contributed by atoms with E-state index in [1.54, 1.807) is 6.26 Å². The van der Waals surface area contributed by atoms with E-state index in [2.05, 4.69) is 15.9 Å². The smallest absolute Gasteiger partial charge is 0.223 e. The first-order chi connectivity index (χ1) is 8.69. The molecule has 0 bridgehead atoms. The molecule has 2 unspecified atom stereocenters. The number of morpholine rings is 1. The lowest BCUT2D eigenvalue weighted by atomic mass is 10.2. The number of carbonyl (C=O) groups excluding carboxylic acids is 1. The molecule has 0 aromatic carbocycles. The third-order valence-electron chi connectivity index (χ3n) is 3.02. The van der Waals surface area contributed by atoms with E-state index in [1.807, 2.05) is 24.0 Å². The first-order valence-corrected chi connectivity index (χ1v) is 7.32. The summed E-state index contributed by atoms with van der Waals surface area (Å²) < 4.78 is 10.9. The zero-order chi connectivity index (χ0) is 13.0. The van der Waals surface area contributed by atoms with E-state index in [0.29, 0.717) is 25.9 Å². The highest BCUT2D eigenvalue weighted by Crippen LogP contribution is 2.15. The number of carbonyl (C=O) groups is 1. The van der Waals surface area contributed by atoms with Crippen molar-refractivity contribution >= 4 is 21.8 Å². The van der Waals surface area contributed by atoms with Crippen LogP contribution in [0.1, 0.15) is 19.1 Å². The normalized spacial score (nSPS) is 24.2. The number of furan rings is 1. The van der Waals surface area contributed by atoms with Gasteiger partial charge in [0.2, 0.25) is 5.91 Å². The molecule has 1 saturated heterocycles. The van der Waals surface area contributed by atoms with Gasteiger partial charge in [-0.1, -0.05) is 15.9 Å². The second-order valence-electron chi connectivity index (χ2n) is 4.60. The number of aryl methyl sites for hydroxylation is 1. The predicted octanol–water partition coefficient (Wildman–Crippen LogP) is 2.22. The fraction of sp³-hybridized carbons (Fsp3) is 0.615. The first-order valence-electron chi connectivity index (χ1n) is 6.20. The number of ether oxygens (including phenoxy) is 1. The minimum atomic E-state index is 0.0984. The number of hydrogen-bond donors (Lipinski definition) is 0. The quantitative estimate of drug-likeness (QED) is 0.800. The molecule has 18 heavy (non-hydrogen) atoms. The van der Waals surface area contributed by atoms with Crippen molar-refractivity contribution in [3.8, 4) is 0 Å². The summed E-state index contributed by atoms with van der Waals surface area (Å²) in [5, 5.41) is 0.763. The summed E-state index contributed by atoms with van der Waals surface area (Å²) in [6.45, 7) is 3.36. The number of halogens is 1. The molecular weight excluding hydrogens is 298 g/mol. The van der Waals surface area contributed by atoms with Crippen LogP contribution in [0.3, 0.4) is 0 Å². The Labute approximate surface area is 115 Å². The third-order valence-corrected chi connectivity index (χ3v) is 3.74. The fourth-order valence-electron chi connectivity index (χ4n) is 2.18. The second kappa shape index (κ2) is 6.38. The number of nitrogens with zero attached hydrogens (tertiary/aromatic N) is 1. The maximum absolute atomic E-state index is 12.1. The monoisotopic (exact) mass is 315 g/mol. The summed E-state index contributed by atoms with van der Waals surface area (Å²) >= 11 is 3.41. The van der Waals surface area contributed by atoms with Crippen molar-refractivity contribution in [3.63, 3.8) is 0 Å². The molecule has 1 fully saturated rings. The Hall–Kier alpha value is -0.810. The minimum Gasteiger partial charge on any atom is -0.469 e. The molecule has 1 aromatic heterocycles. The largest absolute Gasteiger partial charge is 0.469 e. The highest BCUT2D eigenvalue weighted by Gasteiger charge is 2.27. The Morgan fingerprint density at radius 2 is 2.39 bits per heavy atom. The Bertz CT molecular complexity index is 380. The van der Waals surface area contributed by atoms with Crippen LogP contribution in [-0.2, 0) is 16.0 Å². The lowest BCUT2D eigenvalue weighted by Crippen LogP contribution is -2.49. The highest BCUT2D eigenvalue weighted by atomic mass is 79.9. The van der Waals surface area contributed by atoms with Gasteiger partial charge in [0.05, 0.1) is 18.5 Å². The van der Waals surface area contributed by atoms with Crippen molar-refractivity contribution in [2.24, 2.45) is 0 Å². The van der Waals surface area contributed by atoms with E-state index < -0.39 is 0 Å². The van der Waals surface area contributed by atoms with E-state index in [9.17, 15) is 4.79 Å². The van der Waals surface area contributed by atoms with Crippen molar-refractivity contribution in [2.45, 2.75) is 32.0 Å². The van der Waals surface area contributed by atoms with Gasteiger partial charge in [0.1, 0.15) is 5.76 Å². The molecule has 0 saturated carbocycles. The zero-order valence-corrected chi connectivity index (χ0v) is 12.1. The van der Waals surface area contributed by atoms with E-state index in [0.717, 1.165) is 11.1 Å². The molecule has 5 heteroatoms. The third kappa shape index (κ3) is 3.59. The highest BCUT2D eigenvalue weighted by molar-refractivity contribution is 9.09. The van der Waals surface area contributed by atoms with Crippen LogP contribution in [0.4, 0.5) is 0 Å². The molecule has 0 N–H and O–H groups in total. The molecule has 1 aliphatic heterocycles. The molecule has 2 rings (SSSR count). The summed E-state index contributed by atoms with van der Waals surface area (Å²) in [6, 6.07) is 3.74. The maximum Gasteiger partial charge on any atom is 0.223 e. The molecule has 2 atom stereocenters. The summed E-state index contributed by atoms with van der Waals surface area (Å²) in [7, 11) is 0. The van der Waals surface area contributed by atoms with Crippen LogP contribution in [0.15, 0.2) is 22.8 Å². The van der Waals surface area contributed by atoms with Gasteiger partial charge >= 0.3 is 0 Å². The van der Waals surface area contributed by atoms with Crippen LogP contribution < -0.4 is 0 Å². The first kappa shape index (κ1) is 13.6. The predicted molar refractivity (Wildman–Crippen MR) is 71.7 cm³/mol. The van der Waals surface area contributed by atoms with Gasteiger partial charge in [0, 0.05) is 31.3 Å². The fourth-order valence-corrected chi connectivity index (χ4v) is 2.53. The van der Waals surface area contributed by atoms with E-state index in [-0.39, 0.29) is 18.1 Å². The summed E-state index contributed by atoms with van der Waals surface area (Å²) in [5.74, 6) is 1.04. The lowest BCUT2D eigenvalue weighted by molar-refractivity contribution is -0.142. The van der Waals surface area contributed by atoms with Gasteiger partial charge in [0.15, 0.2) is 0 Å². The number of rotatable bonds is 4. The van der Waals surface area contributed by atoms with Crippen molar-refractivity contribution in [2.75, 3.05) is 18.4 Å². The SMILES string of the molecule is CC1CN(C(=O)CCc2ccco2)CC(CBr)O1. The summed E-state index contributed by atoms with van der Waals surface area (Å²) in [6.07, 6.45) is 3.00. The number of alkyl halides is 1. The van der Waals surface area contributed by atoms with Crippen molar-refractivity contribution in [1.82, 2.24) is 4.90 Å². The molecule has 1 aromatic rings. The Morgan fingerprint density at radius 1 is 1.56 bits per heavy atom. The van der Waals surface area contributed by atoms with Gasteiger partial charge in [-0.3, -0.25) is 4.79 Å². The summed E-state index contributed by atoms with van der Waals surface area (Å²) in [4.78, 5) is 14.0.